The molecule has 0 radical (unpaired) electrons. The lowest BCUT2D eigenvalue weighted by Gasteiger charge is -2.34. The summed E-state index contributed by atoms with van der Waals surface area (Å²) in [6, 6.07) is 8.64. The van der Waals surface area contributed by atoms with Crippen LogP contribution in [0.4, 0.5) is 5.95 Å². The molecule has 1 amide bonds. The highest BCUT2D eigenvalue weighted by molar-refractivity contribution is 7.88. The molecule has 0 spiro atoms. The summed E-state index contributed by atoms with van der Waals surface area (Å²) in [6.45, 7) is 3.69. The molecule has 0 saturated carbocycles. The highest BCUT2D eigenvalue weighted by Gasteiger charge is 2.32. The second-order valence-electron chi connectivity index (χ2n) is 9.87. The Bertz CT molecular complexity index is 1450. The van der Waals surface area contributed by atoms with Gasteiger partial charge in [0.2, 0.25) is 16.0 Å². The van der Waals surface area contributed by atoms with Gasteiger partial charge in [0.05, 0.1) is 24.6 Å². The van der Waals surface area contributed by atoms with E-state index in [0.29, 0.717) is 55.7 Å². The molecule has 202 valence electrons. The van der Waals surface area contributed by atoms with E-state index >= 15 is 0 Å². The quantitative estimate of drug-likeness (QED) is 0.457. The molecule has 0 unspecified atom stereocenters. The van der Waals surface area contributed by atoms with Gasteiger partial charge < -0.3 is 19.9 Å². The van der Waals surface area contributed by atoms with Gasteiger partial charge in [0, 0.05) is 55.2 Å². The normalized spacial score (nSPS) is 17.9. The van der Waals surface area contributed by atoms with Crippen LogP contribution in [0, 0.1) is 6.92 Å². The standard InChI is InChI=1S/C26H31ClN6O4S/c1-17-14-28-26(29-21-6-8-32(9-7-21)38(2,36)37)30-24(17)19-13-22-25(35)33(11-10-31(22)15-19)23(16-34)18-4-3-5-20(27)12-18/h3-5,12-15,21,23,34H,6-11,16H2,1-2H3,(H,28,29,30)/t23-/m1/s1. The number of sulfonamides is 1. The highest BCUT2D eigenvalue weighted by Crippen LogP contribution is 2.31. The maximum Gasteiger partial charge on any atom is 0.271 e. The molecule has 10 nitrogen and oxygen atoms in total. The molecule has 2 aliphatic heterocycles. The van der Waals surface area contributed by atoms with Crippen molar-refractivity contribution >= 4 is 33.5 Å². The van der Waals surface area contributed by atoms with E-state index in [1.165, 1.54) is 10.6 Å². The van der Waals surface area contributed by atoms with Crippen LogP contribution in [0.15, 0.2) is 42.7 Å². The average Bonchev–Trinajstić information content (AvgIpc) is 3.32. The Morgan fingerprint density at radius 3 is 2.63 bits per heavy atom. The van der Waals surface area contributed by atoms with Crippen molar-refractivity contribution < 1.29 is 18.3 Å². The van der Waals surface area contributed by atoms with Gasteiger partial charge in [-0.2, -0.15) is 0 Å². The third kappa shape index (κ3) is 5.42. The van der Waals surface area contributed by atoms with Crippen LogP contribution >= 0.6 is 11.6 Å². The summed E-state index contributed by atoms with van der Waals surface area (Å²) in [5, 5.41) is 14.0. The Kier molecular flexibility index (Phi) is 7.45. The van der Waals surface area contributed by atoms with Gasteiger partial charge in [0.15, 0.2) is 0 Å². The molecule has 1 atom stereocenters. The van der Waals surface area contributed by atoms with Gasteiger partial charge in [0.1, 0.15) is 5.69 Å². The average molecular weight is 559 g/mol. The number of benzene rings is 1. The number of rotatable bonds is 7. The summed E-state index contributed by atoms with van der Waals surface area (Å²) >= 11 is 6.15. The molecule has 2 N–H and O–H groups in total. The van der Waals surface area contributed by atoms with Crippen LogP contribution < -0.4 is 5.32 Å². The SMILES string of the molecule is Cc1cnc(NC2CCN(S(C)(=O)=O)CC2)nc1-c1cc2n(c1)CCN([C@H](CO)c1cccc(Cl)c1)C2=O. The van der Waals surface area contributed by atoms with Crippen molar-refractivity contribution in [1.29, 1.82) is 0 Å². The Morgan fingerprint density at radius 1 is 1.18 bits per heavy atom. The lowest BCUT2D eigenvalue weighted by molar-refractivity contribution is 0.0526. The topological polar surface area (TPSA) is 121 Å². The third-order valence-electron chi connectivity index (χ3n) is 7.24. The summed E-state index contributed by atoms with van der Waals surface area (Å²) in [6.07, 6.45) is 6.26. The lowest BCUT2D eigenvalue weighted by atomic mass is 10.0. The summed E-state index contributed by atoms with van der Waals surface area (Å²) in [5.41, 5.74) is 3.74. The predicted octanol–water partition coefficient (Wildman–Crippen LogP) is 2.93. The number of aryl methyl sites for hydroxylation is 1. The number of carbonyl (C=O) groups excluding carboxylic acids is 1. The van der Waals surface area contributed by atoms with Crippen molar-refractivity contribution in [3.63, 3.8) is 0 Å². The molecule has 0 aliphatic carbocycles. The van der Waals surface area contributed by atoms with Gasteiger partial charge in [-0.05, 0) is 49.1 Å². The predicted molar refractivity (Wildman–Crippen MR) is 146 cm³/mol. The van der Waals surface area contributed by atoms with E-state index in [4.69, 9.17) is 16.6 Å². The number of nitrogens with zero attached hydrogens (tertiary/aromatic N) is 5. The van der Waals surface area contributed by atoms with E-state index < -0.39 is 16.1 Å². The molecule has 2 aromatic heterocycles. The maximum absolute atomic E-state index is 13.5. The molecule has 5 rings (SSSR count). The molecular formula is C26H31ClN6O4S. The van der Waals surface area contributed by atoms with Crippen molar-refractivity contribution in [1.82, 2.24) is 23.7 Å². The van der Waals surface area contributed by atoms with E-state index in [1.54, 1.807) is 23.2 Å². The summed E-state index contributed by atoms with van der Waals surface area (Å²) in [4.78, 5) is 24.4. The number of hydrogen-bond acceptors (Lipinski definition) is 7. The maximum atomic E-state index is 13.5. The minimum absolute atomic E-state index is 0.0721. The minimum atomic E-state index is -3.18. The van der Waals surface area contributed by atoms with Crippen molar-refractivity contribution in [2.45, 2.75) is 38.4 Å². The monoisotopic (exact) mass is 558 g/mol. The van der Waals surface area contributed by atoms with E-state index in [1.807, 2.05) is 35.9 Å². The van der Waals surface area contributed by atoms with Crippen molar-refractivity contribution in [2.75, 3.05) is 37.8 Å². The minimum Gasteiger partial charge on any atom is -0.394 e. The summed E-state index contributed by atoms with van der Waals surface area (Å²) in [7, 11) is -3.18. The number of halogens is 1. The first-order valence-electron chi connectivity index (χ1n) is 12.6. The molecule has 2 aliphatic rings. The molecule has 12 heteroatoms. The largest absolute Gasteiger partial charge is 0.394 e. The Labute approximate surface area is 227 Å². The van der Waals surface area contributed by atoms with Crippen LogP contribution in [0.25, 0.3) is 11.3 Å². The fraction of sp³-hybridized carbons (Fsp3) is 0.423. The van der Waals surface area contributed by atoms with Crippen molar-refractivity contribution in [2.24, 2.45) is 0 Å². The van der Waals surface area contributed by atoms with Gasteiger partial charge in [-0.15, -0.1) is 0 Å². The number of aromatic nitrogens is 3. The third-order valence-corrected chi connectivity index (χ3v) is 8.78. The van der Waals surface area contributed by atoms with Crippen LogP contribution in [0.3, 0.4) is 0 Å². The van der Waals surface area contributed by atoms with E-state index in [2.05, 4.69) is 10.3 Å². The first kappa shape index (κ1) is 26.6. The van der Waals surface area contributed by atoms with Gasteiger partial charge >= 0.3 is 0 Å². The van der Waals surface area contributed by atoms with Gasteiger partial charge in [0.25, 0.3) is 5.91 Å². The first-order valence-corrected chi connectivity index (χ1v) is 14.8. The Balaban J connectivity index is 1.35. The van der Waals surface area contributed by atoms with Crippen molar-refractivity contribution in [3.8, 4) is 11.3 Å². The molecule has 3 aromatic rings. The number of anilines is 1. The zero-order chi connectivity index (χ0) is 27.0. The number of nitrogens with one attached hydrogen (secondary N) is 1. The van der Waals surface area contributed by atoms with Crippen LogP contribution in [0.2, 0.25) is 5.02 Å². The van der Waals surface area contributed by atoms with Crippen LogP contribution in [-0.4, -0.2) is 81.7 Å². The molecule has 1 aromatic carbocycles. The number of carbonyl (C=O) groups is 1. The molecule has 1 saturated heterocycles. The fourth-order valence-corrected chi connectivity index (χ4v) is 6.25. The molecule has 0 bridgehead atoms. The number of hydrogen-bond donors (Lipinski definition) is 2. The Hall–Kier alpha value is -2.99. The van der Waals surface area contributed by atoms with E-state index in [0.717, 1.165) is 22.4 Å². The van der Waals surface area contributed by atoms with Gasteiger partial charge in [-0.3, -0.25) is 4.79 Å². The molecule has 1 fully saturated rings. The van der Waals surface area contributed by atoms with Crippen LogP contribution in [0.1, 0.15) is 40.5 Å². The Morgan fingerprint density at radius 2 is 1.95 bits per heavy atom. The van der Waals surface area contributed by atoms with Crippen molar-refractivity contribution in [3.05, 3.63) is 64.6 Å². The number of piperidine rings is 1. The molecule has 38 heavy (non-hydrogen) atoms. The zero-order valence-electron chi connectivity index (χ0n) is 21.3. The molecular weight excluding hydrogens is 528 g/mol. The van der Waals surface area contributed by atoms with E-state index in [9.17, 15) is 18.3 Å². The fourth-order valence-electron chi connectivity index (χ4n) is 5.18. The number of fused-ring (bicyclic) bond motifs is 1. The number of amides is 1. The van der Waals surface area contributed by atoms with E-state index in [-0.39, 0.29) is 18.6 Å². The second kappa shape index (κ2) is 10.6. The lowest BCUT2D eigenvalue weighted by Crippen LogP contribution is -2.43. The summed E-state index contributed by atoms with van der Waals surface area (Å²) in [5.74, 6) is 0.311. The second-order valence-corrected chi connectivity index (χ2v) is 12.3. The van der Waals surface area contributed by atoms with Gasteiger partial charge in [-0.25, -0.2) is 22.7 Å². The number of aliphatic hydroxyl groups excluding tert-OH is 1. The highest BCUT2D eigenvalue weighted by atomic mass is 35.5. The zero-order valence-corrected chi connectivity index (χ0v) is 22.9. The summed E-state index contributed by atoms with van der Waals surface area (Å²) < 4.78 is 27.0. The first-order chi connectivity index (χ1) is 18.1. The van der Waals surface area contributed by atoms with Crippen LogP contribution in [0.5, 0.6) is 0 Å². The smallest absolute Gasteiger partial charge is 0.271 e. The number of aliphatic hydroxyl groups is 1. The van der Waals surface area contributed by atoms with Crippen LogP contribution in [-0.2, 0) is 16.6 Å². The van der Waals surface area contributed by atoms with Gasteiger partial charge in [-0.1, -0.05) is 23.7 Å². The molecule has 4 heterocycles.